The van der Waals surface area contributed by atoms with Gasteiger partial charge < -0.3 is 9.80 Å². The van der Waals surface area contributed by atoms with Crippen LogP contribution in [0, 0.1) is 6.92 Å². The summed E-state index contributed by atoms with van der Waals surface area (Å²) < 4.78 is 0. The third kappa shape index (κ3) is 2.76. The van der Waals surface area contributed by atoms with Crippen LogP contribution in [0.5, 0.6) is 0 Å². The van der Waals surface area contributed by atoms with Gasteiger partial charge in [-0.2, -0.15) is 0 Å². The van der Waals surface area contributed by atoms with E-state index in [0.29, 0.717) is 5.88 Å². The van der Waals surface area contributed by atoms with Gasteiger partial charge in [-0.1, -0.05) is 6.07 Å². The van der Waals surface area contributed by atoms with Crippen molar-refractivity contribution in [3.63, 3.8) is 0 Å². The van der Waals surface area contributed by atoms with Gasteiger partial charge in [0.2, 0.25) is 0 Å². The number of anilines is 2. The van der Waals surface area contributed by atoms with Crippen molar-refractivity contribution in [3.8, 4) is 0 Å². The topological polar surface area (TPSA) is 19.4 Å². The first-order valence-corrected chi connectivity index (χ1v) is 8.24. The fourth-order valence-electron chi connectivity index (χ4n) is 2.55. The van der Waals surface area contributed by atoms with E-state index in [1.54, 1.807) is 11.3 Å². The first kappa shape index (κ1) is 13.7. The smallest absolute Gasteiger partial charge is 0.185 e. The summed E-state index contributed by atoms with van der Waals surface area (Å²) in [6, 6.07) is 6.57. The van der Waals surface area contributed by atoms with Gasteiger partial charge in [-0.25, -0.2) is 4.98 Å². The van der Waals surface area contributed by atoms with Gasteiger partial charge in [-0.3, -0.25) is 0 Å². The van der Waals surface area contributed by atoms with Crippen LogP contribution in [0.1, 0.15) is 11.1 Å². The van der Waals surface area contributed by atoms with Gasteiger partial charge >= 0.3 is 0 Å². The molecule has 1 aliphatic heterocycles. The summed E-state index contributed by atoms with van der Waals surface area (Å²) in [4.78, 5) is 9.19. The highest BCUT2D eigenvalue weighted by Crippen LogP contribution is 2.24. The minimum Gasteiger partial charge on any atom is -0.368 e. The second-order valence-electron chi connectivity index (χ2n) is 5.03. The Morgan fingerprint density at radius 2 is 1.95 bits per heavy atom. The molecule has 0 saturated carbocycles. The second kappa shape index (κ2) is 6.02. The zero-order chi connectivity index (χ0) is 13.9. The highest BCUT2D eigenvalue weighted by atomic mass is 35.5. The summed E-state index contributed by atoms with van der Waals surface area (Å²) in [5.74, 6) is 0.587. The van der Waals surface area contributed by atoms with E-state index in [1.165, 1.54) is 16.8 Å². The van der Waals surface area contributed by atoms with Crippen molar-refractivity contribution in [1.29, 1.82) is 0 Å². The summed E-state index contributed by atoms with van der Waals surface area (Å²) >= 11 is 7.64. The van der Waals surface area contributed by atoms with E-state index in [4.69, 9.17) is 11.6 Å². The molecule has 2 aromatic rings. The molecule has 1 fully saturated rings. The number of alkyl halides is 1. The van der Waals surface area contributed by atoms with Crippen LogP contribution in [0.3, 0.4) is 0 Å². The lowest BCUT2D eigenvalue weighted by Crippen LogP contribution is -2.46. The number of benzene rings is 1. The Hall–Kier alpha value is -1.26. The maximum atomic E-state index is 5.92. The molecule has 20 heavy (non-hydrogen) atoms. The van der Waals surface area contributed by atoms with E-state index in [2.05, 4.69) is 39.9 Å². The SMILES string of the molecule is Cc1cc(N2CCN(c3nccs3)CC2)ccc1CCl. The first-order valence-electron chi connectivity index (χ1n) is 6.83. The van der Waals surface area contributed by atoms with Crippen molar-refractivity contribution in [3.05, 3.63) is 40.9 Å². The zero-order valence-electron chi connectivity index (χ0n) is 11.6. The third-order valence-electron chi connectivity index (χ3n) is 3.80. The van der Waals surface area contributed by atoms with Crippen LogP contribution in [0.2, 0.25) is 0 Å². The summed E-state index contributed by atoms with van der Waals surface area (Å²) in [6.45, 7) is 6.28. The summed E-state index contributed by atoms with van der Waals surface area (Å²) in [6.07, 6.45) is 1.88. The van der Waals surface area contributed by atoms with Crippen molar-refractivity contribution in [2.24, 2.45) is 0 Å². The predicted octanol–water partition coefficient (Wildman–Crippen LogP) is 3.52. The monoisotopic (exact) mass is 307 g/mol. The molecule has 0 radical (unpaired) electrons. The van der Waals surface area contributed by atoms with E-state index in [-0.39, 0.29) is 0 Å². The highest BCUT2D eigenvalue weighted by Gasteiger charge is 2.19. The molecule has 0 amide bonds. The van der Waals surface area contributed by atoms with Gasteiger partial charge in [-0.05, 0) is 30.2 Å². The van der Waals surface area contributed by atoms with Crippen molar-refractivity contribution < 1.29 is 0 Å². The van der Waals surface area contributed by atoms with Gasteiger partial charge in [0.1, 0.15) is 0 Å². The largest absolute Gasteiger partial charge is 0.368 e. The van der Waals surface area contributed by atoms with Crippen LogP contribution in [-0.2, 0) is 5.88 Å². The van der Waals surface area contributed by atoms with Crippen molar-refractivity contribution in [2.75, 3.05) is 36.0 Å². The van der Waals surface area contributed by atoms with Crippen LogP contribution < -0.4 is 9.80 Å². The Balaban J connectivity index is 1.67. The standard InChI is InChI=1S/C15H18ClN3S/c1-12-10-14(3-2-13(12)11-16)18-5-7-19(8-6-18)15-17-4-9-20-15/h2-4,9-10H,5-8,11H2,1H3. The van der Waals surface area contributed by atoms with Crippen molar-refractivity contribution in [2.45, 2.75) is 12.8 Å². The van der Waals surface area contributed by atoms with Gasteiger partial charge in [-0.15, -0.1) is 22.9 Å². The Labute approximate surface area is 128 Å². The van der Waals surface area contributed by atoms with Crippen molar-refractivity contribution >= 4 is 33.8 Å². The Kier molecular flexibility index (Phi) is 4.13. The lowest BCUT2D eigenvalue weighted by atomic mass is 10.1. The van der Waals surface area contributed by atoms with Gasteiger partial charge in [0.05, 0.1) is 0 Å². The Bertz CT molecular complexity index is 563. The highest BCUT2D eigenvalue weighted by molar-refractivity contribution is 7.13. The number of aryl methyl sites for hydroxylation is 1. The van der Waals surface area contributed by atoms with Gasteiger partial charge in [0.15, 0.2) is 5.13 Å². The van der Waals surface area contributed by atoms with Crippen LogP contribution in [0.15, 0.2) is 29.8 Å². The third-order valence-corrected chi connectivity index (χ3v) is 4.92. The molecule has 106 valence electrons. The van der Waals surface area contributed by atoms with E-state index < -0.39 is 0 Å². The van der Waals surface area contributed by atoms with Crippen LogP contribution in [0.4, 0.5) is 10.8 Å². The fourth-order valence-corrected chi connectivity index (χ4v) is 3.55. The van der Waals surface area contributed by atoms with E-state index >= 15 is 0 Å². The summed E-state index contributed by atoms with van der Waals surface area (Å²) in [7, 11) is 0. The molecule has 3 rings (SSSR count). The molecule has 0 spiro atoms. The molecule has 1 aliphatic rings. The number of nitrogens with zero attached hydrogens (tertiary/aromatic N) is 3. The van der Waals surface area contributed by atoms with Crippen LogP contribution >= 0.6 is 22.9 Å². The minimum atomic E-state index is 0.587. The number of hydrogen-bond donors (Lipinski definition) is 0. The molecule has 5 heteroatoms. The Morgan fingerprint density at radius 3 is 2.55 bits per heavy atom. The second-order valence-corrected chi connectivity index (χ2v) is 6.17. The van der Waals surface area contributed by atoms with Crippen LogP contribution in [0.25, 0.3) is 0 Å². The quantitative estimate of drug-likeness (QED) is 0.809. The minimum absolute atomic E-state index is 0.587. The summed E-state index contributed by atoms with van der Waals surface area (Å²) in [5.41, 5.74) is 3.80. The molecule has 0 aliphatic carbocycles. The lowest BCUT2D eigenvalue weighted by Gasteiger charge is -2.36. The number of rotatable bonds is 3. The fraction of sp³-hybridized carbons (Fsp3) is 0.400. The first-order chi connectivity index (χ1) is 9.78. The molecular weight excluding hydrogens is 290 g/mol. The number of aromatic nitrogens is 1. The number of hydrogen-bond acceptors (Lipinski definition) is 4. The van der Waals surface area contributed by atoms with Crippen molar-refractivity contribution in [1.82, 2.24) is 4.98 Å². The summed E-state index contributed by atoms with van der Waals surface area (Å²) in [5, 5.41) is 3.17. The lowest BCUT2D eigenvalue weighted by molar-refractivity contribution is 0.652. The number of thiazole rings is 1. The van der Waals surface area contributed by atoms with Gasteiger partial charge in [0, 0.05) is 49.3 Å². The van der Waals surface area contributed by atoms with E-state index in [0.717, 1.165) is 31.3 Å². The maximum Gasteiger partial charge on any atom is 0.185 e. The molecule has 1 aromatic carbocycles. The normalized spacial score (nSPS) is 15.7. The molecule has 2 heterocycles. The van der Waals surface area contributed by atoms with E-state index in [1.807, 2.05) is 11.6 Å². The average molecular weight is 308 g/mol. The zero-order valence-corrected chi connectivity index (χ0v) is 13.1. The van der Waals surface area contributed by atoms with Gasteiger partial charge in [0.25, 0.3) is 0 Å². The molecule has 3 nitrogen and oxygen atoms in total. The molecule has 0 bridgehead atoms. The molecule has 1 saturated heterocycles. The molecule has 0 N–H and O–H groups in total. The average Bonchev–Trinajstić information content (AvgIpc) is 3.01. The molecule has 0 atom stereocenters. The molecule has 0 unspecified atom stereocenters. The maximum absolute atomic E-state index is 5.92. The predicted molar refractivity (Wildman–Crippen MR) is 87.3 cm³/mol. The molecule has 1 aromatic heterocycles. The van der Waals surface area contributed by atoms with Crippen LogP contribution in [-0.4, -0.2) is 31.2 Å². The Morgan fingerprint density at radius 1 is 1.20 bits per heavy atom. The number of piperazine rings is 1. The number of halogens is 1. The molecular formula is C15H18ClN3S. The van der Waals surface area contributed by atoms with E-state index in [9.17, 15) is 0 Å².